The van der Waals surface area contributed by atoms with Gasteiger partial charge in [0.1, 0.15) is 5.52 Å². The number of benzene rings is 1. The smallest absolute Gasteiger partial charge is 0.295 e. The average Bonchev–Trinajstić information content (AvgIpc) is 3.05. The summed E-state index contributed by atoms with van der Waals surface area (Å²) in [6, 6.07) is 7.00. The van der Waals surface area contributed by atoms with Crippen molar-refractivity contribution in [1.29, 1.82) is 0 Å². The van der Waals surface area contributed by atoms with Gasteiger partial charge in [-0.2, -0.15) is 16.3 Å². The van der Waals surface area contributed by atoms with Crippen molar-refractivity contribution in [1.82, 2.24) is 4.98 Å². The predicted octanol–water partition coefficient (Wildman–Crippen LogP) is 3.84. The fraction of sp³-hybridized carbons (Fsp3) is 0.214. The van der Waals surface area contributed by atoms with E-state index in [4.69, 9.17) is 4.42 Å². The van der Waals surface area contributed by atoms with Gasteiger partial charge >= 0.3 is 0 Å². The minimum atomic E-state index is -0.444. The predicted molar refractivity (Wildman–Crippen MR) is 81.8 cm³/mol. The number of oxazole rings is 1. The van der Waals surface area contributed by atoms with E-state index in [1.54, 1.807) is 17.4 Å². The van der Waals surface area contributed by atoms with Crippen LogP contribution in [0.3, 0.4) is 0 Å². The van der Waals surface area contributed by atoms with E-state index in [1.807, 2.05) is 12.3 Å². The second-order valence-corrected chi connectivity index (χ2v) is 5.59. The van der Waals surface area contributed by atoms with Gasteiger partial charge < -0.3 is 9.73 Å². The van der Waals surface area contributed by atoms with Crippen LogP contribution >= 0.6 is 11.3 Å². The van der Waals surface area contributed by atoms with E-state index in [9.17, 15) is 10.1 Å². The Morgan fingerprint density at radius 1 is 1.48 bits per heavy atom. The van der Waals surface area contributed by atoms with Gasteiger partial charge in [0.2, 0.25) is 0 Å². The van der Waals surface area contributed by atoms with Crippen molar-refractivity contribution in [2.75, 3.05) is 5.32 Å². The van der Waals surface area contributed by atoms with Crippen molar-refractivity contribution in [2.24, 2.45) is 0 Å². The molecule has 0 aliphatic rings. The minimum absolute atomic E-state index is 0.00803. The summed E-state index contributed by atoms with van der Waals surface area (Å²) in [5.74, 6) is 0. The third-order valence-corrected chi connectivity index (χ3v) is 3.81. The summed E-state index contributed by atoms with van der Waals surface area (Å²) in [4.78, 5) is 14.5. The molecule has 0 saturated heterocycles. The second-order valence-electron chi connectivity index (χ2n) is 4.81. The highest BCUT2D eigenvalue weighted by atomic mass is 32.1. The molecule has 0 aliphatic carbocycles. The number of nitro benzene ring substituents is 1. The van der Waals surface area contributed by atoms with Crippen molar-refractivity contribution >= 4 is 34.1 Å². The molecule has 6 nitrogen and oxygen atoms in total. The first-order valence-electron chi connectivity index (χ1n) is 6.44. The number of nitrogens with one attached hydrogen (secondary N) is 1. The van der Waals surface area contributed by atoms with E-state index >= 15 is 0 Å². The Morgan fingerprint density at radius 3 is 3.05 bits per heavy atom. The van der Waals surface area contributed by atoms with Gasteiger partial charge in [-0.15, -0.1) is 0 Å². The average molecular weight is 303 g/mol. The molecule has 2 heterocycles. The number of fused-ring (bicyclic) bond motifs is 1. The second kappa shape index (κ2) is 5.53. The third kappa shape index (κ3) is 3.03. The molecule has 21 heavy (non-hydrogen) atoms. The van der Waals surface area contributed by atoms with Crippen LogP contribution in [-0.4, -0.2) is 15.9 Å². The van der Waals surface area contributed by atoms with Crippen LogP contribution in [0.25, 0.3) is 11.1 Å². The van der Waals surface area contributed by atoms with Gasteiger partial charge in [-0.25, -0.2) is 0 Å². The molecule has 1 N–H and O–H groups in total. The summed E-state index contributed by atoms with van der Waals surface area (Å²) in [5.41, 5.74) is 2.28. The highest BCUT2D eigenvalue weighted by molar-refractivity contribution is 7.07. The summed E-state index contributed by atoms with van der Waals surface area (Å²) in [6.07, 6.45) is 0.863. The molecule has 1 aromatic carbocycles. The fourth-order valence-electron chi connectivity index (χ4n) is 2.12. The monoisotopic (exact) mass is 303 g/mol. The molecule has 2 aromatic heterocycles. The SMILES string of the molecule is CC(Cc1ccsc1)Nc1nc2cc([N+](=O)[O-])ccc2o1. The van der Waals surface area contributed by atoms with Crippen LogP contribution in [0.5, 0.6) is 0 Å². The molecular formula is C14H13N3O3S. The molecule has 0 saturated carbocycles. The molecule has 7 heteroatoms. The largest absolute Gasteiger partial charge is 0.424 e. The van der Waals surface area contributed by atoms with Gasteiger partial charge in [-0.3, -0.25) is 10.1 Å². The Kier molecular flexibility index (Phi) is 3.57. The first kappa shape index (κ1) is 13.6. The number of rotatable bonds is 5. The van der Waals surface area contributed by atoms with E-state index in [-0.39, 0.29) is 11.7 Å². The zero-order chi connectivity index (χ0) is 14.8. The zero-order valence-corrected chi connectivity index (χ0v) is 12.1. The van der Waals surface area contributed by atoms with Crippen LogP contribution in [-0.2, 0) is 6.42 Å². The lowest BCUT2D eigenvalue weighted by Crippen LogP contribution is -2.17. The van der Waals surface area contributed by atoms with Gasteiger partial charge in [0, 0.05) is 18.2 Å². The van der Waals surface area contributed by atoms with Crippen LogP contribution in [0.1, 0.15) is 12.5 Å². The zero-order valence-electron chi connectivity index (χ0n) is 11.3. The third-order valence-electron chi connectivity index (χ3n) is 3.07. The van der Waals surface area contributed by atoms with Gasteiger partial charge in [-0.1, -0.05) is 0 Å². The minimum Gasteiger partial charge on any atom is -0.424 e. The summed E-state index contributed by atoms with van der Waals surface area (Å²) in [7, 11) is 0. The van der Waals surface area contributed by atoms with Crippen LogP contribution in [0.4, 0.5) is 11.7 Å². The lowest BCUT2D eigenvalue weighted by atomic mass is 10.1. The first-order valence-corrected chi connectivity index (χ1v) is 7.38. The lowest BCUT2D eigenvalue weighted by molar-refractivity contribution is -0.384. The van der Waals surface area contributed by atoms with E-state index in [2.05, 4.69) is 21.7 Å². The first-order chi connectivity index (χ1) is 10.1. The van der Waals surface area contributed by atoms with Crippen LogP contribution < -0.4 is 5.32 Å². The number of nitro groups is 1. The molecule has 0 bridgehead atoms. The molecule has 0 aliphatic heterocycles. The molecule has 0 fully saturated rings. The van der Waals surface area contributed by atoms with Crippen LogP contribution in [0.2, 0.25) is 0 Å². The maximum atomic E-state index is 10.7. The Hall–Kier alpha value is -2.41. The van der Waals surface area contributed by atoms with Crippen LogP contribution in [0.15, 0.2) is 39.4 Å². The summed E-state index contributed by atoms with van der Waals surface area (Å²) >= 11 is 1.67. The highest BCUT2D eigenvalue weighted by Crippen LogP contribution is 2.24. The van der Waals surface area contributed by atoms with Gasteiger partial charge in [0.05, 0.1) is 4.92 Å². The Labute approximate surface area is 124 Å². The van der Waals surface area contributed by atoms with Gasteiger partial charge in [-0.05, 0) is 41.8 Å². The summed E-state index contributed by atoms with van der Waals surface area (Å²) in [5, 5.41) is 18.1. The summed E-state index contributed by atoms with van der Waals surface area (Å²) in [6.45, 7) is 2.04. The van der Waals surface area contributed by atoms with Crippen molar-refractivity contribution in [3.63, 3.8) is 0 Å². The highest BCUT2D eigenvalue weighted by Gasteiger charge is 2.13. The van der Waals surface area contributed by atoms with E-state index in [0.29, 0.717) is 17.1 Å². The van der Waals surface area contributed by atoms with E-state index in [1.165, 1.54) is 17.7 Å². The van der Waals surface area contributed by atoms with Crippen molar-refractivity contribution in [3.8, 4) is 0 Å². The Morgan fingerprint density at radius 2 is 2.33 bits per heavy atom. The van der Waals surface area contributed by atoms with E-state index in [0.717, 1.165) is 6.42 Å². The van der Waals surface area contributed by atoms with Crippen molar-refractivity contribution < 1.29 is 9.34 Å². The molecule has 1 unspecified atom stereocenters. The summed E-state index contributed by atoms with van der Waals surface area (Å²) < 4.78 is 5.55. The number of aromatic nitrogens is 1. The lowest BCUT2D eigenvalue weighted by Gasteiger charge is -2.10. The molecule has 3 aromatic rings. The number of non-ortho nitro benzene ring substituents is 1. The molecule has 3 rings (SSSR count). The number of hydrogen-bond acceptors (Lipinski definition) is 6. The molecular weight excluding hydrogens is 290 g/mol. The van der Waals surface area contributed by atoms with Crippen molar-refractivity contribution in [2.45, 2.75) is 19.4 Å². The number of hydrogen-bond donors (Lipinski definition) is 1. The maximum Gasteiger partial charge on any atom is 0.295 e. The number of nitrogens with zero attached hydrogens (tertiary/aromatic N) is 2. The van der Waals surface area contributed by atoms with Gasteiger partial charge in [0.15, 0.2) is 5.58 Å². The number of anilines is 1. The molecule has 0 radical (unpaired) electrons. The van der Waals surface area contributed by atoms with Crippen molar-refractivity contribution in [3.05, 3.63) is 50.7 Å². The Balaban J connectivity index is 1.76. The molecule has 0 spiro atoms. The standard InChI is InChI=1S/C14H13N3O3S/c1-9(6-10-4-5-21-8-10)15-14-16-12-7-11(17(18)19)2-3-13(12)20-14/h2-5,7-9H,6H2,1H3,(H,15,16). The molecule has 108 valence electrons. The van der Waals surface area contributed by atoms with Gasteiger partial charge in [0.25, 0.3) is 11.7 Å². The number of thiophene rings is 1. The Bertz CT molecular complexity index is 767. The van der Waals surface area contributed by atoms with Crippen LogP contribution in [0, 0.1) is 10.1 Å². The fourth-order valence-corrected chi connectivity index (χ4v) is 2.80. The topological polar surface area (TPSA) is 81.2 Å². The normalized spacial score (nSPS) is 12.4. The molecule has 0 amide bonds. The molecule has 1 atom stereocenters. The quantitative estimate of drug-likeness (QED) is 0.572. The van der Waals surface area contributed by atoms with E-state index < -0.39 is 4.92 Å². The maximum absolute atomic E-state index is 10.7.